The highest BCUT2D eigenvalue weighted by molar-refractivity contribution is 7.92. The number of Topliss-reactive ketones (excluding diaryl/α,β-unsaturated/α-hetero) is 1. The van der Waals surface area contributed by atoms with E-state index in [0.717, 1.165) is 6.26 Å². The molecule has 0 aromatic heterocycles. The van der Waals surface area contributed by atoms with Gasteiger partial charge in [0.15, 0.2) is 15.6 Å². The van der Waals surface area contributed by atoms with Gasteiger partial charge in [-0.3, -0.25) is 9.59 Å². The van der Waals surface area contributed by atoms with Crippen molar-refractivity contribution in [1.82, 2.24) is 5.32 Å². The van der Waals surface area contributed by atoms with Gasteiger partial charge >= 0.3 is 0 Å². The molecular weight excluding hydrogens is 230 g/mol. The molecule has 0 aromatic carbocycles. The molecule has 16 heavy (non-hydrogen) atoms. The van der Waals surface area contributed by atoms with Crippen molar-refractivity contribution in [2.45, 2.75) is 44.9 Å². The van der Waals surface area contributed by atoms with Gasteiger partial charge in [-0.05, 0) is 20.8 Å². The molecule has 6 heteroatoms. The van der Waals surface area contributed by atoms with Crippen LogP contribution in [-0.4, -0.2) is 37.2 Å². The van der Waals surface area contributed by atoms with Gasteiger partial charge in [-0.15, -0.1) is 0 Å². The number of ketones is 1. The fraction of sp³-hybridized carbons (Fsp3) is 0.800. The summed E-state index contributed by atoms with van der Waals surface area (Å²) in [5, 5.41) is 2.41. The van der Waals surface area contributed by atoms with E-state index < -0.39 is 26.5 Å². The van der Waals surface area contributed by atoms with Gasteiger partial charge in [-0.1, -0.05) is 6.92 Å². The van der Waals surface area contributed by atoms with Gasteiger partial charge in [0.05, 0.1) is 6.04 Å². The second-order valence-electron chi connectivity index (χ2n) is 4.30. The van der Waals surface area contributed by atoms with E-state index >= 15 is 0 Å². The molecule has 0 aliphatic carbocycles. The molecule has 0 rings (SSSR count). The molecule has 0 aliphatic heterocycles. The lowest BCUT2D eigenvalue weighted by atomic mass is 10.1. The van der Waals surface area contributed by atoms with Crippen molar-refractivity contribution in [1.29, 1.82) is 0 Å². The Morgan fingerprint density at radius 2 is 1.75 bits per heavy atom. The molecule has 0 saturated carbocycles. The van der Waals surface area contributed by atoms with Crippen LogP contribution >= 0.6 is 0 Å². The molecule has 0 aromatic rings. The van der Waals surface area contributed by atoms with Crippen LogP contribution in [0, 0.1) is 0 Å². The third-order valence-corrected chi connectivity index (χ3v) is 4.69. The number of hydrogen-bond acceptors (Lipinski definition) is 4. The molecule has 0 radical (unpaired) electrons. The zero-order valence-corrected chi connectivity index (χ0v) is 11.1. The first-order valence-corrected chi connectivity index (χ1v) is 6.96. The summed E-state index contributed by atoms with van der Waals surface area (Å²) in [4.78, 5) is 23.0. The van der Waals surface area contributed by atoms with E-state index in [9.17, 15) is 18.0 Å². The first-order chi connectivity index (χ1) is 7.04. The minimum atomic E-state index is -3.50. The highest BCUT2D eigenvalue weighted by Crippen LogP contribution is 2.15. The fourth-order valence-corrected chi connectivity index (χ4v) is 1.32. The maximum atomic E-state index is 11.7. The van der Waals surface area contributed by atoms with Crippen molar-refractivity contribution in [2.75, 3.05) is 6.26 Å². The zero-order valence-electron chi connectivity index (χ0n) is 10.3. The van der Waals surface area contributed by atoms with Crippen LogP contribution in [0.15, 0.2) is 0 Å². The van der Waals surface area contributed by atoms with Crippen LogP contribution in [0.5, 0.6) is 0 Å². The molecule has 1 N–H and O–H groups in total. The first kappa shape index (κ1) is 15.1. The molecular formula is C10H19NO4S. The van der Waals surface area contributed by atoms with Crippen molar-refractivity contribution in [3.05, 3.63) is 0 Å². The Labute approximate surface area is 96.5 Å². The third-order valence-electron chi connectivity index (χ3n) is 2.65. The number of hydrogen-bond donors (Lipinski definition) is 1. The summed E-state index contributed by atoms with van der Waals surface area (Å²) in [6, 6.07) is -0.654. The Morgan fingerprint density at radius 1 is 1.31 bits per heavy atom. The van der Waals surface area contributed by atoms with Crippen molar-refractivity contribution < 1.29 is 18.0 Å². The van der Waals surface area contributed by atoms with E-state index in [1.807, 2.05) is 0 Å². The summed E-state index contributed by atoms with van der Waals surface area (Å²) in [6.07, 6.45) is 1.31. The first-order valence-electron chi connectivity index (χ1n) is 5.07. The van der Waals surface area contributed by atoms with Crippen LogP contribution in [0.3, 0.4) is 0 Å². The second-order valence-corrected chi connectivity index (χ2v) is 6.86. The van der Waals surface area contributed by atoms with Crippen LogP contribution in [-0.2, 0) is 19.4 Å². The molecule has 5 nitrogen and oxygen atoms in total. The number of carbonyl (C=O) groups is 2. The molecule has 1 atom stereocenters. The second kappa shape index (κ2) is 4.95. The van der Waals surface area contributed by atoms with Crippen molar-refractivity contribution >= 4 is 21.5 Å². The largest absolute Gasteiger partial charge is 0.345 e. The molecule has 0 heterocycles. The fourth-order valence-electron chi connectivity index (χ4n) is 0.926. The van der Waals surface area contributed by atoms with Gasteiger partial charge in [-0.25, -0.2) is 8.42 Å². The molecule has 0 fully saturated rings. The predicted molar refractivity (Wildman–Crippen MR) is 61.8 cm³/mol. The van der Waals surface area contributed by atoms with Crippen LogP contribution in [0.2, 0.25) is 0 Å². The summed E-state index contributed by atoms with van der Waals surface area (Å²) in [7, 11) is -3.50. The lowest BCUT2D eigenvalue weighted by Gasteiger charge is -2.23. The summed E-state index contributed by atoms with van der Waals surface area (Å²) in [6.45, 7) is 5.87. The maximum Gasteiger partial charge on any atom is 0.241 e. The summed E-state index contributed by atoms with van der Waals surface area (Å²) in [5.41, 5.74) is 0. The van der Waals surface area contributed by atoms with E-state index in [1.165, 1.54) is 13.8 Å². The average molecular weight is 249 g/mol. The number of rotatable bonds is 5. The van der Waals surface area contributed by atoms with E-state index in [-0.39, 0.29) is 5.78 Å². The van der Waals surface area contributed by atoms with Crippen LogP contribution in [0.1, 0.15) is 34.1 Å². The lowest BCUT2D eigenvalue weighted by Crippen LogP contribution is -2.51. The van der Waals surface area contributed by atoms with Gasteiger partial charge in [0.25, 0.3) is 0 Å². The molecule has 0 bridgehead atoms. The van der Waals surface area contributed by atoms with E-state index in [0.29, 0.717) is 6.42 Å². The van der Waals surface area contributed by atoms with Crippen molar-refractivity contribution in [3.8, 4) is 0 Å². The quantitative estimate of drug-likeness (QED) is 0.759. The van der Waals surface area contributed by atoms with Crippen LogP contribution in [0.25, 0.3) is 0 Å². The van der Waals surface area contributed by atoms with Crippen molar-refractivity contribution in [3.63, 3.8) is 0 Å². The zero-order chi connectivity index (χ0) is 13.1. The lowest BCUT2D eigenvalue weighted by molar-refractivity contribution is -0.128. The van der Waals surface area contributed by atoms with E-state index in [1.54, 1.807) is 13.8 Å². The van der Waals surface area contributed by atoms with Gasteiger partial charge in [0.1, 0.15) is 4.75 Å². The highest BCUT2D eigenvalue weighted by Gasteiger charge is 2.39. The highest BCUT2D eigenvalue weighted by atomic mass is 32.2. The maximum absolute atomic E-state index is 11.7. The number of amides is 1. The minimum absolute atomic E-state index is 0.127. The smallest absolute Gasteiger partial charge is 0.241 e. The molecule has 1 amide bonds. The third kappa shape index (κ3) is 3.30. The predicted octanol–water partition coefficient (Wildman–Crippen LogP) is 0.293. The number of sulfone groups is 1. The van der Waals surface area contributed by atoms with Gasteiger partial charge < -0.3 is 5.32 Å². The molecule has 0 saturated heterocycles. The van der Waals surface area contributed by atoms with Crippen molar-refractivity contribution in [2.24, 2.45) is 0 Å². The number of carbonyl (C=O) groups excluding carboxylic acids is 2. The van der Waals surface area contributed by atoms with Crippen LogP contribution in [0.4, 0.5) is 0 Å². The Hall–Kier alpha value is -0.910. The Morgan fingerprint density at radius 3 is 2.06 bits per heavy atom. The standard InChI is InChI=1S/C10H19NO4S/c1-6-8(12)7(2)11-9(13)10(3,4)16(5,14)15/h7H,6H2,1-5H3,(H,11,13). The molecule has 0 spiro atoms. The van der Waals surface area contributed by atoms with Gasteiger partial charge in [-0.2, -0.15) is 0 Å². The van der Waals surface area contributed by atoms with Gasteiger partial charge in [0.2, 0.25) is 5.91 Å². The Balaban J connectivity index is 4.79. The summed E-state index contributed by atoms with van der Waals surface area (Å²) >= 11 is 0. The van der Waals surface area contributed by atoms with E-state index in [4.69, 9.17) is 0 Å². The number of nitrogens with one attached hydrogen (secondary N) is 1. The molecule has 0 aliphatic rings. The summed E-state index contributed by atoms with van der Waals surface area (Å²) < 4.78 is 21.2. The normalized spacial score (nSPS) is 14.3. The van der Waals surface area contributed by atoms with Gasteiger partial charge in [0, 0.05) is 12.7 Å². The van der Waals surface area contributed by atoms with E-state index in [2.05, 4.69) is 5.32 Å². The Kier molecular flexibility index (Phi) is 4.67. The Bertz CT molecular complexity index is 384. The molecule has 1 unspecified atom stereocenters. The SMILES string of the molecule is CCC(=O)C(C)NC(=O)C(C)(C)S(C)(=O)=O. The average Bonchev–Trinajstić information content (AvgIpc) is 2.14. The topological polar surface area (TPSA) is 80.3 Å². The van der Waals surface area contributed by atoms with Crippen LogP contribution < -0.4 is 5.32 Å². The summed E-state index contributed by atoms with van der Waals surface area (Å²) in [5.74, 6) is -0.776. The minimum Gasteiger partial charge on any atom is -0.345 e. The monoisotopic (exact) mass is 249 g/mol. The molecule has 94 valence electrons.